The van der Waals surface area contributed by atoms with E-state index in [1.807, 2.05) is 6.92 Å². The molecule has 0 bridgehead atoms. The molecule has 0 heterocycles. The van der Waals surface area contributed by atoms with Crippen molar-refractivity contribution in [3.63, 3.8) is 0 Å². The third-order valence-electron chi connectivity index (χ3n) is 3.48. The number of rotatable bonds is 5. The number of carbonyl (C=O) groups is 1. The minimum absolute atomic E-state index is 0.0133. The molecule has 4 nitrogen and oxygen atoms in total. The van der Waals surface area contributed by atoms with E-state index in [4.69, 9.17) is 22.1 Å². The second kappa shape index (κ2) is 5.77. The van der Waals surface area contributed by atoms with Gasteiger partial charge in [0.25, 0.3) is 5.92 Å². The van der Waals surface area contributed by atoms with Crippen LogP contribution in [0.2, 0.25) is 5.02 Å². The third kappa shape index (κ3) is 3.27. The van der Waals surface area contributed by atoms with E-state index in [1.165, 1.54) is 6.07 Å². The van der Waals surface area contributed by atoms with Gasteiger partial charge in [0.05, 0.1) is 12.1 Å². The third-order valence-corrected chi connectivity index (χ3v) is 3.79. The first-order valence-corrected chi connectivity index (χ1v) is 6.83. The average molecular weight is 320 g/mol. The van der Waals surface area contributed by atoms with Crippen LogP contribution in [0, 0.1) is 5.92 Å². The monoisotopic (exact) mass is 319 g/mol. The first-order valence-electron chi connectivity index (χ1n) is 6.45. The molecule has 1 aromatic carbocycles. The Bertz CT molecular complexity index is 553. The number of nitrogens with two attached hydrogens (primary N) is 1. The molecule has 0 spiro atoms. The normalized spacial score (nSPS) is 22.6. The number of carbonyl (C=O) groups excluding carboxylic acids is 1. The number of esters is 1. The fraction of sp³-hybridized carbons (Fsp3) is 0.500. The molecule has 21 heavy (non-hydrogen) atoms. The Kier molecular flexibility index (Phi) is 4.39. The molecule has 3 atom stereocenters. The van der Waals surface area contributed by atoms with E-state index in [2.05, 4.69) is 4.74 Å². The zero-order valence-electron chi connectivity index (χ0n) is 11.6. The molecule has 1 saturated carbocycles. The minimum Gasteiger partial charge on any atom is -0.489 e. The Morgan fingerprint density at radius 2 is 2.14 bits per heavy atom. The van der Waals surface area contributed by atoms with Gasteiger partial charge in [0.15, 0.2) is 6.04 Å². The molecule has 0 amide bonds. The number of hydrogen-bond acceptors (Lipinski definition) is 4. The number of methoxy groups -OCH3 is 1. The standard InChI is InChI=1S/C14H16ClF2NO3/c1-7-5-10(7)21-11-6-8(3-4-9(11)15)14(16,17)12(18)13(19)20-2/h3-4,6-7,10,12H,5,18H2,1-2H3. The Labute approximate surface area is 126 Å². The first kappa shape index (κ1) is 16.0. The zero-order valence-corrected chi connectivity index (χ0v) is 12.4. The van der Waals surface area contributed by atoms with Gasteiger partial charge in [-0.25, -0.2) is 0 Å². The van der Waals surface area contributed by atoms with E-state index in [0.29, 0.717) is 5.92 Å². The van der Waals surface area contributed by atoms with Gasteiger partial charge in [0, 0.05) is 5.56 Å². The molecular weight excluding hydrogens is 304 g/mol. The number of alkyl halides is 2. The Hall–Kier alpha value is -1.40. The molecule has 0 saturated heterocycles. The lowest BCUT2D eigenvalue weighted by Gasteiger charge is -2.22. The summed E-state index contributed by atoms with van der Waals surface area (Å²) in [5.41, 5.74) is 4.83. The lowest BCUT2D eigenvalue weighted by molar-refractivity contribution is -0.153. The van der Waals surface area contributed by atoms with Crippen LogP contribution in [0.5, 0.6) is 5.75 Å². The molecular formula is C14H16ClF2NO3. The van der Waals surface area contributed by atoms with Crippen LogP contribution in [0.3, 0.4) is 0 Å². The zero-order chi connectivity index (χ0) is 15.8. The summed E-state index contributed by atoms with van der Waals surface area (Å²) in [5, 5.41) is 0.236. The van der Waals surface area contributed by atoms with Gasteiger partial charge in [-0.3, -0.25) is 4.79 Å². The van der Waals surface area contributed by atoms with Crippen molar-refractivity contribution in [2.75, 3.05) is 7.11 Å². The molecule has 1 aliphatic carbocycles. The van der Waals surface area contributed by atoms with Gasteiger partial charge in [0.1, 0.15) is 11.9 Å². The first-order chi connectivity index (χ1) is 9.77. The highest BCUT2D eigenvalue weighted by Crippen LogP contribution is 2.40. The van der Waals surface area contributed by atoms with E-state index in [-0.39, 0.29) is 16.9 Å². The lowest BCUT2D eigenvalue weighted by Crippen LogP contribution is -2.45. The number of hydrogen-bond donors (Lipinski definition) is 1. The van der Waals surface area contributed by atoms with Crippen LogP contribution >= 0.6 is 11.6 Å². The second-order valence-electron chi connectivity index (χ2n) is 5.14. The van der Waals surface area contributed by atoms with Gasteiger partial charge in [-0.1, -0.05) is 24.6 Å². The predicted molar refractivity (Wildman–Crippen MR) is 73.5 cm³/mol. The number of halogens is 3. The summed E-state index contributed by atoms with van der Waals surface area (Å²) in [6, 6.07) is 1.46. The maximum atomic E-state index is 14.2. The summed E-state index contributed by atoms with van der Waals surface area (Å²) >= 11 is 5.94. The second-order valence-corrected chi connectivity index (χ2v) is 5.55. The molecule has 3 unspecified atom stereocenters. The minimum atomic E-state index is -3.58. The van der Waals surface area contributed by atoms with Gasteiger partial charge in [-0.05, 0) is 24.5 Å². The van der Waals surface area contributed by atoms with E-state index in [0.717, 1.165) is 25.7 Å². The Morgan fingerprint density at radius 1 is 1.52 bits per heavy atom. The van der Waals surface area contributed by atoms with Gasteiger partial charge in [-0.15, -0.1) is 0 Å². The molecule has 1 aliphatic rings. The summed E-state index contributed by atoms with van der Waals surface area (Å²) in [6.45, 7) is 1.99. The van der Waals surface area contributed by atoms with E-state index < -0.39 is 23.5 Å². The van der Waals surface area contributed by atoms with E-state index in [1.54, 1.807) is 0 Å². The van der Waals surface area contributed by atoms with Crippen molar-refractivity contribution in [1.82, 2.24) is 0 Å². The number of ether oxygens (including phenoxy) is 2. The molecule has 116 valence electrons. The van der Waals surface area contributed by atoms with Crippen molar-refractivity contribution in [2.45, 2.75) is 31.4 Å². The predicted octanol–water partition coefficient (Wildman–Crippen LogP) is 2.72. The highest BCUT2D eigenvalue weighted by atomic mass is 35.5. The topological polar surface area (TPSA) is 61.5 Å². The summed E-state index contributed by atoms with van der Waals surface area (Å²) in [6.07, 6.45) is 0.846. The summed E-state index contributed by atoms with van der Waals surface area (Å²) < 4.78 is 38.2. The van der Waals surface area contributed by atoms with Crippen LogP contribution in [0.1, 0.15) is 18.9 Å². The maximum Gasteiger partial charge on any atom is 0.329 e. The van der Waals surface area contributed by atoms with Crippen molar-refractivity contribution < 1.29 is 23.0 Å². The maximum absolute atomic E-state index is 14.2. The highest BCUT2D eigenvalue weighted by molar-refractivity contribution is 6.32. The molecule has 0 aromatic heterocycles. The highest BCUT2D eigenvalue weighted by Gasteiger charge is 2.45. The summed E-state index contributed by atoms with van der Waals surface area (Å²) in [4.78, 5) is 11.2. The molecule has 0 radical (unpaired) electrons. The molecule has 1 aromatic rings. The van der Waals surface area contributed by atoms with Gasteiger partial charge in [-0.2, -0.15) is 8.78 Å². The summed E-state index contributed by atoms with van der Waals surface area (Å²) in [7, 11) is 1.00. The van der Waals surface area contributed by atoms with Crippen LogP contribution in [-0.2, 0) is 15.5 Å². The van der Waals surface area contributed by atoms with Crippen LogP contribution in [0.25, 0.3) is 0 Å². The SMILES string of the molecule is COC(=O)C(N)C(F)(F)c1ccc(Cl)c(OC2CC2C)c1. The van der Waals surface area contributed by atoms with Crippen LogP contribution in [0.4, 0.5) is 8.78 Å². The smallest absolute Gasteiger partial charge is 0.329 e. The van der Waals surface area contributed by atoms with Gasteiger partial charge >= 0.3 is 5.97 Å². The molecule has 7 heteroatoms. The van der Waals surface area contributed by atoms with Crippen LogP contribution in [-0.4, -0.2) is 25.2 Å². The van der Waals surface area contributed by atoms with E-state index >= 15 is 0 Å². The van der Waals surface area contributed by atoms with Crippen molar-refractivity contribution in [3.8, 4) is 5.75 Å². The van der Waals surface area contributed by atoms with Gasteiger partial charge < -0.3 is 15.2 Å². The van der Waals surface area contributed by atoms with Crippen LogP contribution < -0.4 is 10.5 Å². The molecule has 1 fully saturated rings. The Balaban J connectivity index is 2.26. The number of benzene rings is 1. The largest absolute Gasteiger partial charge is 0.489 e. The molecule has 2 N–H and O–H groups in total. The van der Waals surface area contributed by atoms with Crippen molar-refractivity contribution in [2.24, 2.45) is 11.7 Å². The fourth-order valence-corrected chi connectivity index (χ4v) is 2.03. The van der Waals surface area contributed by atoms with Crippen LogP contribution in [0.15, 0.2) is 18.2 Å². The Morgan fingerprint density at radius 3 is 2.67 bits per heavy atom. The fourth-order valence-electron chi connectivity index (χ4n) is 1.87. The molecule has 2 rings (SSSR count). The van der Waals surface area contributed by atoms with E-state index in [9.17, 15) is 13.6 Å². The van der Waals surface area contributed by atoms with Crippen molar-refractivity contribution >= 4 is 17.6 Å². The molecule has 0 aliphatic heterocycles. The lowest BCUT2D eigenvalue weighted by atomic mass is 10.0. The summed E-state index contributed by atoms with van der Waals surface area (Å²) in [5.74, 6) is -4.22. The van der Waals surface area contributed by atoms with Gasteiger partial charge in [0.2, 0.25) is 0 Å². The van der Waals surface area contributed by atoms with Crippen molar-refractivity contribution in [1.29, 1.82) is 0 Å². The van der Waals surface area contributed by atoms with Crippen molar-refractivity contribution in [3.05, 3.63) is 28.8 Å². The average Bonchev–Trinajstić information content (AvgIpc) is 3.14. The quantitative estimate of drug-likeness (QED) is 0.848.